The van der Waals surface area contributed by atoms with Crippen LogP contribution < -0.4 is 0 Å². The van der Waals surface area contributed by atoms with Crippen molar-refractivity contribution in [2.24, 2.45) is 0 Å². The summed E-state index contributed by atoms with van der Waals surface area (Å²) in [6, 6.07) is 3.63. The standard InChI is InChI=1S/C11H12N2O2S/c1-3-13-9(11(14)15)6-8(12-13)10-7(2)4-5-16-10/h4-6H,3H2,1-2H3,(H,14,15). The topological polar surface area (TPSA) is 55.1 Å². The zero-order chi connectivity index (χ0) is 11.7. The third kappa shape index (κ3) is 1.74. The molecule has 0 bridgehead atoms. The molecule has 0 amide bonds. The Morgan fingerprint density at radius 2 is 2.38 bits per heavy atom. The molecule has 0 unspecified atom stereocenters. The van der Waals surface area contributed by atoms with Gasteiger partial charge in [0.2, 0.25) is 0 Å². The van der Waals surface area contributed by atoms with Gasteiger partial charge in [-0.3, -0.25) is 4.68 Å². The van der Waals surface area contributed by atoms with Crippen LogP contribution in [0.3, 0.4) is 0 Å². The second kappa shape index (κ2) is 4.09. The predicted octanol–water partition coefficient (Wildman–Crippen LogP) is 2.64. The molecule has 5 heteroatoms. The van der Waals surface area contributed by atoms with Crippen molar-refractivity contribution in [3.8, 4) is 10.6 Å². The number of nitrogens with zero attached hydrogens (tertiary/aromatic N) is 2. The van der Waals surface area contributed by atoms with E-state index in [1.165, 1.54) is 4.68 Å². The van der Waals surface area contributed by atoms with Gasteiger partial charge in [-0.05, 0) is 36.9 Å². The fourth-order valence-corrected chi connectivity index (χ4v) is 2.46. The highest BCUT2D eigenvalue weighted by Gasteiger charge is 2.15. The molecule has 0 aliphatic carbocycles. The summed E-state index contributed by atoms with van der Waals surface area (Å²) in [6.07, 6.45) is 0. The molecule has 2 aromatic heterocycles. The zero-order valence-corrected chi connectivity index (χ0v) is 9.91. The summed E-state index contributed by atoms with van der Waals surface area (Å²) in [7, 11) is 0. The van der Waals surface area contributed by atoms with Gasteiger partial charge in [-0.2, -0.15) is 5.10 Å². The van der Waals surface area contributed by atoms with E-state index in [9.17, 15) is 4.79 Å². The number of carboxylic acid groups (broad SMARTS) is 1. The lowest BCUT2D eigenvalue weighted by molar-refractivity contribution is 0.0683. The molecule has 0 aliphatic heterocycles. The number of hydrogen-bond acceptors (Lipinski definition) is 3. The van der Waals surface area contributed by atoms with Crippen LogP contribution in [0, 0.1) is 6.92 Å². The molecule has 0 spiro atoms. The summed E-state index contributed by atoms with van der Waals surface area (Å²) < 4.78 is 1.51. The van der Waals surface area contributed by atoms with Crippen LogP contribution in [0.5, 0.6) is 0 Å². The van der Waals surface area contributed by atoms with Gasteiger partial charge < -0.3 is 5.11 Å². The molecule has 0 aromatic carbocycles. The molecular weight excluding hydrogens is 224 g/mol. The number of rotatable bonds is 3. The van der Waals surface area contributed by atoms with Crippen LogP contribution >= 0.6 is 11.3 Å². The lowest BCUT2D eigenvalue weighted by atomic mass is 10.2. The van der Waals surface area contributed by atoms with Crippen LogP contribution in [0.4, 0.5) is 0 Å². The van der Waals surface area contributed by atoms with E-state index in [0.717, 1.165) is 16.1 Å². The Labute approximate surface area is 97.2 Å². The second-order valence-corrected chi connectivity index (χ2v) is 4.38. The van der Waals surface area contributed by atoms with Crippen molar-refractivity contribution in [1.82, 2.24) is 9.78 Å². The Hall–Kier alpha value is -1.62. The van der Waals surface area contributed by atoms with E-state index in [-0.39, 0.29) is 5.69 Å². The molecule has 16 heavy (non-hydrogen) atoms. The molecule has 0 saturated carbocycles. The minimum atomic E-state index is -0.935. The number of aryl methyl sites for hydroxylation is 2. The molecule has 0 radical (unpaired) electrons. The third-order valence-electron chi connectivity index (χ3n) is 2.39. The predicted molar refractivity (Wildman–Crippen MR) is 62.9 cm³/mol. The fraction of sp³-hybridized carbons (Fsp3) is 0.273. The minimum absolute atomic E-state index is 0.241. The van der Waals surface area contributed by atoms with Gasteiger partial charge in [0.15, 0.2) is 0 Å². The van der Waals surface area contributed by atoms with Gasteiger partial charge in [0.25, 0.3) is 0 Å². The molecule has 2 aromatic rings. The maximum absolute atomic E-state index is 11.0. The lowest BCUT2D eigenvalue weighted by Crippen LogP contribution is -2.07. The number of carboxylic acids is 1. The van der Waals surface area contributed by atoms with E-state index in [1.54, 1.807) is 17.4 Å². The van der Waals surface area contributed by atoms with Crippen LogP contribution in [-0.2, 0) is 6.54 Å². The van der Waals surface area contributed by atoms with Crippen LogP contribution in [-0.4, -0.2) is 20.9 Å². The molecule has 2 heterocycles. The largest absolute Gasteiger partial charge is 0.477 e. The Bertz CT molecular complexity index is 528. The quantitative estimate of drug-likeness (QED) is 0.891. The van der Waals surface area contributed by atoms with E-state index < -0.39 is 5.97 Å². The fourth-order valence-electron chi connectivity index (χ4n) is 1.58. The summed E-state index contributed by atoms with van der Waals surface area (Å²) >= 11 is 1.58. The molecule has 0 aliphatic rings. The van der Waals surface area contributed by atoms with Gasteiger partial charge in [-0.1, -0.05) is 0 Å². The van der Waals surface area contributed by atoms with Crippen molar-refractivity contribution in [2.45, 2.75) is 20.4 Å². The van der Waals surface area contributed by atoms with Crippen molar-refractivity contribution in [3.63, 3.8) is 0 Å². The number of thiophene rings is 1. The summed E-state index contributed by atoms with van der Waals surface area (Å²) in [5.41, 5.74) is 2.11. The summed E-state index contributed by atoms with van der Waals surface area (Å²) in [5, 5.41) is 15.3. The van der Waals surface area contributed by atoms with Gasteiger partial charge >= 0.3 is 5.97 Å². The first-order chi connectivity index (χ1) is 7.63. The average molecular weight is 236 g/mol. The summed E-state index contributed by atoms with van der Waals surface area (Å²) in [6.45, 7) is 4.44. The lowest BCUT2D eigenvalue weighted by Gasteiger charge is -1.97. The molecule has 84 valence electrons. The van der Waals surface area contributed by atoms with E-state index in [1.807, 2.05) is 25.3 Å². The Kier molecular flexibility index (Phi) is 2.78. The zero-order valence-electron chi connectivity index (χ0n) is 9.10. The van der Waals surface area contributed by atoms with Gasteiger partial charge in [0, 0.05) is 6.54 Å². The van der Waals surface area contributed by atoms with Gasteiger partial charge in [0.05, 0.1) is 4.88 Å². The van der Waals surface area contributed by atoms with Gasteiger partial charge in [-0.15, -0.1) is 11.3 Å². The number of aromatic carboxylic acids is 1. The Morgan fingerprint density at radius 1 is 1.62 bits per heavy atom. The third-order valence-corrected chi connectivity index (χ3v) is 3.43. The van der Waals surface area contributed by atoms with E-state index in [4.69, 9.17) is 5.11 Å². The molecule has 1 N–H and O–H groups in total. The monoisotopic (exact) mass is 236 g/mol. The Balaban J connectivity index is 2.52. The summed E-state index contributed by atoms with van der Waals surface area (Å²) in [4.78, 5) is 12.0. The molecule has 0 atom stereocenters. The van der Waals surface area contributed by atoms with E-state index in [0.29, 0.717) is 6.54 Å². The Morgan fingerprint density at radius 3 is 2.81 bits per heavy atom. The SMILES string of the molecule is CCn1nc(-c2sccc2C)cc1C(=O)O. The highest BCUT2D eigenvalue weighted by molar-refractivity contribution is 7.13. The molecule has 2 rings (SSSR count). The van der Waals surface area contributed by atoms with Crippen LogP contribution in [0.15, 0.2) is 17.5 Å². The second-order valence-electron chi connectivity index (χ2n) is 3.47. The maximum Gasteiger partial charge on any atom is 0.354 e. The van der Waals surface area contributed by atoms with Crippen molar-refractivity contribution >= 4 is 17.3 Å². The van der Waals surface area contributed by atoms with Crippen molar-refractivity contribution < 1.29 is 9.90 Å². The highest BCUT2D eigenvalue weighted by Crippen LogP contribution is 2.28. The van der Waals surface area contributed by atoms with Crippen LogP contribution in [0.2, 0.25) is 0 Å². The van der Waals surface area contributed by atoms with E-state index in [2.05, 4.69) is 5.10 Å². The first-order valence-corrected chi connectivity index (χ1v) is 5.87. The van der Waals surface area contributed by atoms with E-state index >= 15 is 0 Å². The minimum Gasteiger partial charge on any atom is -0.477 e. The number of carbonyl (C=O) groups is 1. The van der Waals surface area contributed by atoms with Gasteiger partial charge in [0.1, 0.15) is 11.4 Å². The molecule has 4 nitrogen and oxygen atoms in total. The average Bonchev–Trinajstić information content (AvgIpc) is 2.82. The maximum atomic E-state index is 11.0. The smallest absolute Gasteiger partial charge is 0.354 e. The molecule has 0 saturated heterocycles. The van der Waals surface area contributed by atoms with Crippen molar-refractivity contribution in [1.29, 1.82) is 0 Å². The molecule has 0 fully saturated rings. The van der Waals surface area contributed by atoms with Crippen LogP contribution in [0.25, 0.3) is 10.6 Å². The molecular formula is C11H12N2O2S. The number of aromatic nitrogens is 2. The summed E-state index contributed by atoms with van der Waals surface area (Å²) in [5.74, 6) is -0.935. The van der Waals surface area contributed by atoms with Crippen LogP contribution in [0.1, 0.15) is 23.0 Å². The highest BCUT2D eigenvalue weighted by atomic mass is 32.1. The normalized spacial score (nSPS) is 10.6. The first-order valence-electron chi connectivity index (χ1n) is 4.99. The van der Waals surface area contributed by atoms with Gasteiger partial charge in [-0.25, -0.2) is 4.79 Å². The first kappa shape index (κ1) is 10.9. The van der Waals surface area contributed by atoms with Crippen molar-refractivity contribution in [3.05, 3.63) is 28.8 Å². The number of hydrogen-bond donors (Lipinski definition) is 1. The van der Waals surface area contributed by atoms with Crippen molar-refractivity contribution in [2.75, 3.05) is 0 Å².